The topological polar surface area (TPSA) is 132 Å². The third-order valence-electron chi connectivity index (χ3n) is 6.64. The van der Waals surface area contributed by atoms with E-state index in [1.165, 1.54) is 30.2 Å². The Morgan fingerprint density at radius 2 is 1.63 bits per heavy atom. The Hall–Kier alpha value is -4.80. The zero-order valence-electron chi connectivity index (χ0n) is 23.2. The first kappa shape index (κ1) is 29.2. The molecule has 2 amide bonds. The van der Waals surface area contributed by atoms with Crippen LogP contribution in [-0.4, -0.2) is 59.8 Å². The van der Waals surface area contributed by atoms with Crippen LogP contribution < -0.4 is 19.1 Å². The van der Waals surface area contributed by atoms with Crippen LogP contribution in [0.2, 0.25) is 0 Å². The molecule has 4 rings (SSSR count). The van der Waals surface area contributed by atoms with Crippen molar-refractivity contribution in [3.63, 3.8) is 0 Å². The van der Waals surface area contributed by atoms with Gasteiger partial charge in [0.1, 0.15) is 17.6 Å². The Morgan fingerprint density at radius 1 is 1.00 bits per heavy atom. The molecule has 1 heterocycles. The minimum Gasteiger partial charge on any atom is -0.493 e. The van der Waals surface area contributed by atoms with Gasteiger partial charge in [0.15, 0.2) is 11.5 Å². The van der Waals surface area contributed by atoms with Gasteiger partial charge < -0.3 is 29.1 Å². The van der Waals surface area contributed by atoms with Gasteiger partial charge in [-0.2, -0.15) is 0 Å². The standard InChI is InChI=1S/C30H33N3O8/c1-20(2)19-32(22-6-11-25(12-7-22)41-27-13-8-23(33(37)38)18-28(27)39-3)29(34)21-4-9-24(10-5-21)40-26-14-16-31(17-15-26)30(35)36/h4-13,18,20,26H,14-17,19H2,1-3H3,(H,35,36). The maximum Gasteiger partial charge on any atom is 0.407 e. The predicted octanol–water partition coefficient (Wildman–Crippen LogP) is 6.22. The molecule has 3 aromatic carbocycles. The van der Waals surface area contributed by atoms with Crippen molar-refractivity contribution in [3.05, 3.63) is 82.4 Å². The maximum atomic E-state index is 13.5. The minimum atomic E-state index is -0.913. The summed E-state index contributed by atoms with van der Waals surface area (Å²) in [5.41, 5.74) is 1.10. The number of carboxylic acid groups (broad SMARTS) is 1. The van der Waals surface area contributed by atoms with E-state index in [-0.39, 0.29) is 29.4 Å². The molecule has 1 N–H and O–H groups in total. The summed E-state index contributed by atoms with van der Waals surface area (Å²) in [6.07, 6.45) is 0.248. The summed E-state index contributed by atoms with van der Waals surface area (Å²) in [7, 11) is 1.41. The highest BCUT2D eigenvalue weighted by Crippen LogP contribution is 2.35. The van der Waals surface area contributed by atoms with Crippen LogP contribution in [-0.2, 0) is 0 Å². The highest BCUT2D eigenvalue weighted by molar-refractivity contribution is 6.06. The molecule has 0 radical (unpaired) electrons. The van der Waals surface area contributed by atoms with Crippen LogP contribution in [0.15, 0.2) is 66.7 Å². The quantitative estimate of drug-likeness (QED) is 0.227. The van der Waals surface area contributed by atoms with E-state index < -0.39 is 11.0 Å². The number of benzene rings is 3. The van der Waals surface area contributed by atoms with E-state index in [2.05, 4.69) is 0 Å². The number of rotatable bonds is 10. The number of carbonyl (C=O) groups excluding carboxylic acids is 1. The zero-order valence-corrected chi connectivity index (χ0v) is 23.2. The number of anilines is 1. The molecule has 1 aliphatic rings. The van der Waals surface area contributed by atoms with Crippen molar-refractivity contribution in [1.29, 1.82) is 0 Å². The van der Waals surface area contributed by atoms with E-state index in [4.69, 9.17) is 19.3 Å². The lowest BCUT2D eigenvalue weighted by Crippen LogP contribution is -2.41. The monoisotopic (exact) mass is 563 g/mol. The number of methoxy groups -OCH3 is 1. The molecule has 1 aliphatic heterocycles. The van der Waals surface area contributed by atoms with Crippen LogP contribution in [0, 0.1) is 16.0 Å². The zero-order chi connectivity index (χ0) is 29.5. The summed E-state index contributed by atoms with van der Waals surface area (Å²) in [4.78, 5) is 38.3. The Morgan fingerprint density at radius 3 is 2.20 bits per heavy atom. The fourth-order valence-electron chi connectivity index (χ4n) is 4.54. The number of ether oxygens (including phenoxy) is 3. The highest BCUT2D eigenvalue weighted by Gasteiger charge is 2.24. The number of hydrogen-bond acceptors (Lipinski definition) is 7. The molecule has 0 aliphatic carbocycles. The number of non-ortho nitro benzene ring substituents is 1. The molecule has 11 nitrogen and oxygen atoms in total. The molecular weight excluding hydrogens is 530 g/mol. The first-order valence-corrected chi connectivity index (χ1v) is 13.3. The van der Waals surface area contributed by atoms with Crippen molar-refractivity contribution < 1.29 is 33.8 Å². The lowest BCUT2D eigenvalue weighted by molar-refractivity contribution is -0.384. The third-order valence-corrected chi connectivity index (χ3v) is 6.64. The molecule has 0 saturated carbocycles. The number of nitro benzene ring substituents is 1. The summed E-state index contributed by atoms with van der Waals surface area (Å²) in [5.74, 6) is 1.72. The van der Waals surface area contributed by atoms with Crippen molar-refractivity contribution in [1.82, 2.24) is 4.90 Å². The van der Waals surface area contributed by atoms with Gasteiger partial charge >= 0.3 is 6.09 Å². The predicted molar refractivity (Wildman–Crippen MR) is 152 cm³/mol. The van der Waals surface area contributed by atoms with E-state index in [1.54, 1.807) is 53.4 Å². The van der Waals surface area contributed by atoms with E-state index in [0.717, 1.165) is 0 Å². The van der Waals surface area contributed by atoms with Gasteiger partial charge in [0.25, 0.3) is 11.6 Å². The van der Waals surface area contributed by atoms with Crippen molar-refractivity contribution in [2.75, 3.05) is 31.6 Å². The molecule has 0 unspecified atom stereocenters. The average molecular weight is 564 g/mol. The number of hydrogen-bond donors (Lipinski definition) is 1. The van der Waals surface area contributed by atoms with Crippen molar-refractivity contribution in [2.24, 2.45) is 5.92 Å². The van der Waals surface area contributed by atoms with Crippen LogP contribution in [0.5, 0.6) is 23.0 Å². The molecule has 216 valence electrons. The number of nitro groups is 1. The van der Waals surface area contributed by atoms with Crippen LogP contribution in [0.1, 0.15) is 37.0 Å². The SMILES string of the molecule is COc1cc([N+](=O)[O-])ccc1Oc1ccc(N(CC(C)C)C(=O)c2ccc(OC3CCN(C(=O)O)CC3)cc2)cc1. The van der Waals surface area contributed by atoms with Gasteiger partial charge in [-0.05, 0) is 60.5 Å². The van der Waals surface area contributed by atoms with E-state index in [1.807, 2.05) is 13.8 Å². The van der Waals surface area contributed by atoms with Gasteiger partial charge in [-0.15, -0.1) is 0 Å². The second kappa shape index (κ2) is 13.0. The van der Waals surface area contributed by atoms with E-state index in [0.29, 0.717) is 61.0 Å². The van der Waals surface area contributed by atoms with Gasteiger partial charge in [-0.1, -0.05) is 13.8 Å². The smallest absolute Gasteiger partial charge is 0.407 e. The fraction of sp³-hybridized carbons (Fsp3) is 0.333. The summed E-state index contributed by atoms with van der Waals surface area (Å²) < 4.78 is 17.2. The third kappa shape index (κ3) is 7.44. The molecule has 0 atom stereocenters. The van der Waals surface area contributed by atoms with Gasteiger partial charge in [0.2, 0.25) is 0 Å². The maximum absolute atomic E-state index is 13.5. The summed E-state index contributed by atoms with van der Waals surface area (Å²) in [6.45, 7) is 5.43. The minimum absolute atomic E-state index is 0.0729. The van der Waals surface area contributed by atoms with Gasteiger partial charge in [0, 0.05) is 49.8 Å². The normalized spacial score (nSPS) is 13.5. The number of piperidine rings is 1. The summed E-state index contributed by atoms with van der Waals surface area (Å²) in [5, 5.41) is 20.2. The number of amides is 2. The van der Waals surface area contributed by atoms with Crippen molar-refractivity contribution in [3.8, 4) is 23.0 Å². The molecule has 41 heavy (non-hydrogen) atoms. The summed E-state index contributed by atoms with van der Waals surface area (Å²) >= 11 is 0. The Labute approximate surface area is 238 Å². The van der Waals surface area contributed by atoms with Crippen molar-refractivity contribution >= 4 is 23.4 Å². The molecule has 0 spiro atoms. The largest absolute Gasteiger partial charge is 0.493 e. The summed E-state index contributed by atoms with van der Waals surface area (Å²) in [6, 6.07) is 18.1. The molecule has 1 saturated heterocycles. The molecule has 3 aromatic rings. The van der Waals surface area contributed by atoms with Crippen LogP contribution in [0.25, 0.3) is 0 Å². The second-order valence-corrected chi connectivity index (χ2v) is 10.1. The van der Waals surface area contributed by atoms with E-state index in [9.17, 15) is 19.7 Å². The lowest BCUT2D eigenvalue weighted by Gasteiger charge is -2.30. The van der Waals surface area contributed by atoms with Crippen molar-refractivity contribution in [2.45, 2.75) is 32.8 Å². The van der Waals surface area contributed by atoms with E-state index >= 15 is 0 Å². The molecule has 1 fully saturated rings. The first-order chi connectivity index (χ1) is 19.6. The molecule has 0 aromatic heterocycles. The number of nitrogens with zero attached hydrogens (tertiary/aromatic N) is 3. The number of carbonyl (C=O) groups is 2. The average Bonchev–Trinajstić information content (AvgIpc) is 2.96. The molecule has 0 bridgehead atoms. The van der Waals surface area contributed by atoms with Gasteiger partial charge in [0.05, 0.1) is 18.1 Å². The first-order valence-electron chi connectivity index (χ1n) is 13.3. The Balaban J connectivity index is 1.44. The van der Waals surface area contributed by atoms with Crippen LogP contribution >= 0.6 is 0 Å². The fourth-order valence-corrected chi connectivity index (χ4v) is 4.54. The Bertz CT molecular complexity index is 1370. The second-order valence-electron chi connectivity index (χ2n) is 10.1. The van der Waals surface area contributed by atoms with Gasteiger partial charge in [-0.25, -0.2) is 4.79 Å². The molecular formula is C30H33N3O8. The van der Waals surface area contributed by atoms with Gasteiger partial charge in [-0.3, -0.25) is 14.9 Å². The Kier molecular flexibility index (Phi) is 9.28. The highest BCUT2D eigenvalue weighted by atomic mass is 16.6. The van der Waals surface area contributed by atoms with Crippen LogP contribution in [0.3, 0.4) is 0 Å². The van der Waals surface area contributed by atoms with Crippen LogP contribution in [0.4, 0.5) is 16.2 Å². The lowest BCUT2D eigenvalue weighted by atomic mass is 10.1. The molecule has 11 heteroatoms. The number of likely N-dealkylation sites (tertiary alicyclic amines) is 1.